The van der Waals surface area contributed by atoms with Crippen LogP contribution in [0.5, 0.6) is 5.75 Å². The lowest BCUT2D eigenvalue weighted by Crippen LogP contribution is -2.16. The number of benzene rings is 2. The Labute approximate surface area is 196 Å². The predicted molar refractivity (Wildman–Crippen MR) is 129 cm³/mol. The summed E-state index contributed by atoms with van der Waals surface area (Å²) < 4.78 is 35.1. The molecule has 174 valence electrons. The minimum Gasteiger partial charge on any atom is -0.772 e. The smallest absolute Gasteiger partial charge is 0.121 e. The van der Waals surface area contributed by atoms with Gasteiger partial charge in [0.15, 0.2) is 0 Å². The third-order valence-corrected chi connectivity index (χ3v) is 6.52. The molecular formula is C25H28N3O4S-. The average Bonchev–Trinajstić information content (AvgIpc) is 3.46. The van der Waals surface area contributed by atoms with E-state index >= 15 is 0 Å². The molecule has 0 aliphatic carbocycles. The number of anilines is 1. The van der Waals surface area contributed by atoms with Crippen molar-refractivity contribution in [1.82, 2.24) is 4.57 Å². The SMILES string of the molecule is CCn1c(-c2ccc(NCCCS(=O)[O-])cc2)c(C#N)c2ccc(OC[C@H]3CCCO3)cc21. The Morgan fingerprint density at radius 1 is 1.30 bits per heavy atom. The van der Waals surface area contributed by atoms with Gasteiger partial charge in [-0.25, -0.2) is 0 Å². The molecule has 7 nitrogen and oxygen atoms in total. The van der Waals surface area contributed by atoms with Crippen molar-refractivity contribution < 1.29 is 18.2 Å². The van der Waals surface area contributed by atoms with Crippen molar-refractivity contribution in [2.75, 3.05) is 30.8 Å². The fraction of sp³-hybridized carbons (Fsp3) is 0.400. The van der Waals surface area contributed by atoms with Gasteiger partial charge in [0.25, 0.3) is 0 Å². The number of nitriles is 1. The molecule has 1 N–H and O–H groups in total. The van der Waals surface area contributed by atoms with E-state index < -0.39 is 11.1 Å². The molecule has 0 saturated carbocycles. The molecule has 2 heterocycles. The van der Waals surface area contributed by atoms with Crippen LogP contribution in [-0.2, 0) is 22.4 Å². The van der Waals surface area contributed by atoms with Crippen LogP contribution in [0.25, 0.3) is 22.2 Å². The second-order valence-corrected chi connectivity index (χ2v) is 9.09. The summed E-state index contributed by atoms with van der Waals surface area (Å²) in [6.07, 6.45) is 2.81. The van der Waals surface area contributed by atoms with Crippen LogP contribution in [0.3, 0.4) is 0 Å². The van der Waals surface area contributed by atoms with Gasteiger partial charge < -0.3 is 23.9 Å². The second kappa shape index (κ2) is 10.8. The second-order valence-electron chi connectivity index (χ2n) is 8.07. The minimum absolute atomic E-state index is 0.145. The van der Waals surface area contributed by atoms with Crippen LogP contribution in [0.1, 0.15) is 31.7 Å². The van der Waals surface area contributed by atoms with E-state index in [2.05, 4.69) is 22.9 Å². The van der Waals surface area contributed by atoms with Crippen molar-refractivity contribution in [3.8, 4) is 23.1 Å². The Bertz CT molecular complexity index is 1160. The summed E-state index contributed by atoms with van der Waals surface area (Å²) in [5.74, 6) is 0.923. The van der Waals surface area contributed by atoms with Crippen LogP contribution < -0.4 is 10.1 Å². The lowest BCUT2D eigenvalue weighted by molar-refractivity contribution is 0.0680. The van der Waals surface area contributed by atoms with E-state index in [1.807, 2.05) is 42.5 Å². The van der Waals surface area contributed by atoms with Gasteiger partial charge in [0, 0.05) is 42.6 Å². The van der Waals surface area contributed by atoms with Crippen LogP contribution in [0, 0.1) is 11.3 Å². The zero-order chi connectivity index (χ0) is 23.2. The fourth-order valence-corrected chi connectivity index (χ4v) is 4.67. The Morgan fingerprint density at radius 3 is 2.79 bits per heavy atom. The first-order chi connectivity index (χ1) is 16.1. The molecular weight excluding hydrogens is 438 g/mol. The highest BCUT2D eigenvalue weighted by Gasteiger charge is 2.20. The molecule has 0 amide bonds. The van der Waals surface area contributed by atoms with Gasteiger partial charge >= 0.3 is 0 Å². The summed E-state index contributed by atoms with van der Waals surface area (Å²) in [5.41, 5.74) is 4.38. The van der Waals surface area contributed by atoms with Crippen LogP contribution in [0.2, 0.25) is 0 Å². The molecule has 0 radical (unpaired) electrons. The molecule has 0 bridgehead atoms. The van der Waals surface area contributed by atoms with Gasteiger partial charge in [-0.2, -0.15) is 5.26 Å². The third kappa shape index (κ3) is 5.38. The summed E-state index contributed by atoms with van der Waals surface area (Å²) in [6.45, 7) is 4.71. The van der Waals surface area contributed by atoms with Gasteiger partial charge in [-0.1, -0.05) is 23.2 Å². The summed E-state index contributed by atoms with van der Waals surface area (Å²) in [5, 5.41) is 14.1. The summed E-state index contributed by atoms with van der Waals surface area (Å²) in [4.78, 5) is 0. The molecule has 2 atom stereocenters. The zero-order valence-electron chi connectivity index (χ0n) is 18.7. The molecule has 1 aromatic heterocycles. The summed E-state index contributed by atoms with van der Waals surface area (Å²) in [7, 11) is 0. The van der Waals surface area contributed by atoms with E-state index in [0.717, 1.165) is 59.6 Å². The van der Waals surface area contributed by atoms with Crippen LogP contribution >= 0.6 is 0 Å². The Kier molecular flexibility index (Phi) is 7.65. The fourth-order valence-electron chi connectivity index (χ4n) is 4.29. The number of rotatable bonds is 10. The van der Waals surface area contributed by atoms with Gasteiger partial charge in [0.05, 0.1) is 22.9 Å². The molecule has 33 heavy (non-hydrogen) atoms. The predicted octanol–water partition coefficient (Wildman–Crippen LogP) is 4.44. The van der Waals surface area contributed by atoms with E-state index in [4.69, 9.17) is 9.47 Å². The molecule has 1 unspecified atom stereocenters. The van der Waals surface area contributed by atoms with Crippen molar-refractivity contribution in [3.05, 3.63) is 48.0 Å². The summed E-state index contributed by atoms with van der Waals surface area (Å²) >= 11 is -2.01. The Morgan fingerprint density at radius 2 is 2.12 bits per heavy atom. The molecule has 8 heteroatoms. The lowest BCUT2D eigenvalue weighted by Gasteiger charge is -2.13. The highest BCUT2D eigenvalue weighted by molar-refractivity contribution is 7.79. The van der Waals surface area contributed by atoms with Crippen molar-refractivity contribution in [2.24, 2.45) is 0 Å². The maximum atomic E-state index is 10.7. The molecule has 1 aliphatic rings. The molecule has 0 spiro atoms. The lowest BCUT2D eigenvalue weighted by atomic mass is 10.1. The van der Waals surface area contributed by atoms with E-state index in [0.29, 0.717) is 25.1 Å². The number of ether oxygens (including phenoxy) is 2. The maximum Gasteiger partial charge on any atom is 0.121 e. The standard InChI is InChI=1S/C25H29N3O4S/c1-2-28-24-15-20(32-17-21-5-3-13-31-21)10-11-22(24)23(16-26)25(28)18-6-8-19(9-7-18)27-12-4-14-33(29)30/h6-11,15,21,27H,2-5,12-14,17H2,1H3,(H,29,30)/p-1/t21-/m1/s1. The molecule has 1 saturated heterocycles. The van der Waals surface area contributed by atoms with E-state index in [1.165, 1.54) is 0 Å². The molecule has 4 rings (SSSR count). The Hall–Kier alpha value is -2.86. The normalized spacial score (nSPS) is 16.6. The number of fused-ring (bicyclic) bond motifs is 1. The first-order valence-corrected chi connectivity index (χ1v) is 12.6. The van der Waals surface area contributed by atoms with Crippen molar-refractivity contribution in [2.45, 2.75) is 38.8 Å². The monoisotopic (exact) mass is 466 g/mol. The van der Waals surface area contributed by atoms with Crippen LogP contribution in [0.4, 0.5) is 5.69 Å². The number of nitrogens with one attached hydrogen (secondary N) is 1. The van der Waals surface area contributed by atoms with Gasteiger partial charge in [-0.15, -0.1) is 0 Å². The molecule has 1 aliphatic heterocycles. The first kappa shape index (κ1) is 23.3. The first-order valence-electron chi connectivity index (χ1n) is 11.3. The number of hydrogen-bond donors (Lipinski definition) is 1. The van der Waals surface area contributed by atoms with Crippen LogP contribution in [0.15, 0.2) is 42.5 Å². The zero-order valence-corrected chi connectivity index (χ0v) is 19.5. The average molecular weight is 467 g/mol. The van der Waals surface area contributed by atoms with Gasteiger partial charge in [0.2, 0.25) is 0 Å². The van der Waals surface area contributed by atoms with Crippen molar-refractivity contribution in [1.29, 1.82) is 5.26 Å². The van der Waals surface area contributed by atoms with E-state index in [9.17, 15) is 14.0 Å². The van der Waals surface area contributed by atoms with Gasteiger partial charge in [-0.3, -0.25) is 4.21 Å². The molecule has 2 aromatic carbocycles. The van der Waals surface area contributed by atoms with Gasteiger partial charge in [-0.05, 0) is 56.0 Å². The van der Waals surface area contributed by atoms with E-state index in [-0.39, 0.29) is 11.9 Å². The topological polar surface area (TPSA) is 99.3 Å². The highest BCUT2D eigenvalue weighted by atomic mass is 32.2. The quantitative estimate of drug-likeness (QED) is 0.350. The largest absolute Gasteiger partial charge is 0.772 e. The third-order valence-electron chi connectivity index (χ3n) is 5.90. The number of nitrogens with zero attached hydrogens (tertiary/aromatic N) is 2. The number of hydrogen-bond acceptors (Lipinski definition) is 6. The number of aryl methyl sites for hydroxylation is 1. The Balaban J connectivity index is 1.58. The molecule has 1 fully saturated rings. The van der Waals surface area contributed by atoms with E-state index in [1.54, 1.807) is 0 Å². The summed E-state index contributed by atoms with van der Waals surface area (Å²) in [6, 6.07) is 16.2. The van der Waals surface area contributed by atoms with Crippen molar-refractivity contribution in [3.63, 3.8) is 0 Å². The highest BCUT2D eigenvalue weighted by Crippen LogP contribution is 2.36. The van der Waals surface area contributed by atoms with Gasteiger partial charge in [0.1, 0.15) is 18.4 Å². The molecule has 3 aromatic rings. The van der Waals surface area contributed by atoms with Crippen molar-refractivity contribution >= 4 is 27.7 Å². The maximum absolute atomic E-state index is 10.7. The number of aromatic nitrogens is 1. The minimum atomic E-state index is -2.01. The van der Waals surface area contributed by atoms with Crippen LogP contribution in [-0.4, -0.2) is 44.9 Å².